The van der Waals surface area contributed by atoms with Crippen molar-refractivity contribution in [3.63, 3.8) is 0 Å². The molecule has 0 bridgehead atoms. The summed E-state index contributed by atoms with van der Waals surface area (Å²) in [5.74, 6) is 1.10. The maximum Gasteiger partial charge on any atom is 0.242 e. The summed E-state index contributed by atoms with van der Waals surface area (Å²) < 4.78 is 0. The lowest BCUT2D eigenvalue weighted by molar-refractivity contribution is -0.129. The minimum atomic E-state index is -0.474. The second-order valence-electron chi connectivity index (χ2n) is 6.65. The third-order valence-electron chi connectivity index (χ3n) is 4.63. The first-order chi connectivity index (χ1) is 12.1. The van der Waals surface area contributed by atoms with Crippen LogP contribution in [0.25, 0.3) is 0 Å². The van der Waals surface area contributed by atoms with E-state index in [1.165, 1.54) is 0 Å². The second kappa shape index (κ2) is 10.5. The Hall–Kier alpha value is -1.53. The first-order valence-electron chi connectivity index (χ1n) is 8.93. The molecular formula is C19H29N3O2S. The Balaban J connectivity index is 1.92. The Bertz CT molecular complexity index is 553. The van der Waals surface area contributed by atoms with E-state index in [0.717, 1.165) is 30.8 Å². The number of hydrogen-bond donors (Lipinski definition) is 3. The number of nitrogens with one attached hydrogen (secondary N) is 3. The van der Waals surface area contributed by atoms with Crippen LogP contribution < -0.4 is 16.0 Å². The highest BCUT2D eigenvalue weighted by atomic mass is 32.2. The van der Waals surface area contributed by atoms with Gasteiger partial charge in [-0.3, -0.25) is 9.59 Å². The van der Waals surface area contributed by atoms with E-state index in [1.807, 2.05) is 36.6 Å². The molecule has 1 saturated heterocycles. The number of hydrogen-bond acceptors (Lipinski definition) is 4. The number of thioether (sulfide) groups is 1. The molecule has 1 aliphatic heterocycles. The predicted molar refractivity (Wildman–Crippen MR) is 104 cm³/mol. The summed E-state index contributed by atoms with van der Waals surface area (Å²) in [5.41, 5.74) is 0.953. The fraction of sp³-hybridized carbons (Fsp3) is 0.579. The molecule has 3 atom stereocenters. The molecule has 1 aliphatic rings. The average molecular weight is 364 g/mol. The van der Waals surface area contributed by atoms with Gasteiger partial charge in [-0.1, -0.05) is 37.3 Å². The van der Waals surface area contributed by atoms with Crippen molar-refractivity contribution in [3.8, 4) is 0 Å². The van der Waals surface area contributed by atoms with Crippen molar-refractivity contribution in [3.05, 3.63) is 35.9 Å². The Labute approximate surface area is 154 Å². The van der Waals surface area contributed by atoms with Gasteiger partial charge in [-0.25, -0.2) is 0 Å². The van der Waals surface area contributed by atoms with E-state index in [-0.39, 0.29) is 17.9 Å². The molecular weight excluding hydrogens is 334 g/mol. The first kappa shape index (κ1) is 19.8. The topological polar surface area (TPSA) is 70.2 Å². The van der Waals surface area contributed by atoms with E-state index < -0.39 is 6.04 Å². The molecule has 3 N–H and O–H groups in total. The zero-order chi connectivity index (χ0) is 18.1. The van der Waals surface area contributed by atoms with Gasteiger partial charge in [-0.05, 0) is 42.9 Å². The lowest BCUT2D eigenvalue weighted by atomic mass is 9.94. The summed E-state index contributed by atoms with van der Waals surface area (Å²) in [5, 5.41) is 9.36. The van der Waals surface area contributed by atoms with Crippen molar-refractivity contribution in [1.29, 1.82) is 0 Å². The normalized spacial score (nSPS) is 21.4. The van der Waals surface area contributed by atoms with Crippen molar-refractivity contribution in [1.82, 2.24) is 16.0 Å². The van der Waals surface area contributed by atoms with Crippen LogP contribution in [0.3, 0.4) is 0 Å². The molecule has 2 rings (SSSR count). The van der Waals surface area contributed by atoms with Crippen LogP contribution >= 0.6 is 11.8 Å². The Morgan fingerprint density at radius 3 is 2.76 bits per heavy atom. The maximum absolute atomic E-state index is 12.7. The summed E-state index contributed by atoms with van der Waals surface area (Å²) in [4.78, 5) is 25.0. The molecule has 0 aliphatic carbocycles. The maximum atomic E-state index is 12.7. The van der Waals surface area contributed by atoms with Gasteiger partial charge in [0.2, 0.25) is 11.8 Å². The number of amides is 2. The predicted octanol–water partition coefficient (Wildman–Crippen LogP) is 1.58. The molecule has 0 radical (unpaired) electrons. The van der Waals surface area contributed by atoms with E-state index in [1.54, 1.807) is 11.8 Å². The van der Waals surface area contributed by atoms with E-state index in [4.69, 9.17) is 0 Å². The van der Waals surface area contributed by atoms with Gasteiger partial charge in [0.05, 0.1) is 6.42 Å². The van der Waals surface area contributed by atoms with Crippen molar-refractivity contribution in [2.45, 2.75) is 38.3 Å². The van der Waals surface area contributed by atoms with Crippen LogP contribution in [0.1, 0.15) is 25.3 Å². The number of carbonyl (C=O) groups excluding carboxylic acids is 2. The molecule has 1 aromatic rings. The first-order valence-corrected chi connectivity index (χ1v) is 10.3. The van der Waals surface area contributed by atoms with Gasteiger partial charge in [0.15, 0.2) is 0 Å². The molecule has 3 unspecified atom stereocenters. The van der Waals surface area contributed by atoms with Crippen LogP contribution in [-0.2, 0) is 16.0 Å². The Kier molecular flexibility index (Phi) is 8.28. The van der Waals surface area contributed by atoms with Crippen LogP contribution in [0.15, 0.2) is 30.3 Å². The second-order valence-corrected chi connectivity index (χ2v) is 7.63. The van der Waals surface area contributed by atoms with Crippen molar-refractivity contribution < 1.29 is 9.59 Å². The smallest absolute Gasteiger partial charge is 0.242 e. The molecule has 2 amide bonds. The summed E-state index contributed by atoms with van der Waals surface area (Å²) in [6, 6.07) is 9.26. The Morgan fingerprint density at radius 1 is 1.32 bits per heavy atom. The van der Waals surface area contributed by atoms with E-state index in [2.05, 4.69) is 22.9 Å². The van der Waals surface area contributed by atoms with Gasteiger partial charge < -0.3 is 16.0 Å². The number of rotatable bonds is 8. The molecule has 6 heteroatoms. The van der Waals surface area contributed by atoms with Gasteiger partial charge >= 0.3 is 0 Å². The third-order valence-corrected chi connectivity index (χ3v) is 5.27. The van der Waals surface area contributed by atoms with Crippen LogP contribution in [0.4, 0.5) is 0 Å². The molecule has 25 heavy (non-hydrogen) atoms. The van der Waals surface area contributed by atoms with Gasteiger partial charge in [0.1, 0.15) is 6.04 Å². The molecule has 5 nitrogen and oxygen atoms in total. The lowest BCUT2D eigenvalue weighted by Crippen LogP contribution is -2.55. The highest BCUT2D eigenvalue weighted by molar-refractivity contribution is 7.98. The minimum Gasteiger partial charge on any atom is -0.350 e. The summed E-state index contributed by atoms with van der Waals surface area (Å²) >= 11 is 1.68. The number of benzene rings is 1. The highest BCUT2D eigenvalue weighted by Crippen LogP contribution is 2.12. The molecule has 0 aromatic heterocycles. The van der Waals surface area contributed by atoms with Crippen molar-refractivity contribution in [2.75, 3.05) is 25.1 Å². The van der Waals surface area contributed by atoms with Gasteiger partial charge in [-0.15, -0.1) is 0 Å². The van der Waals surface area contributed by atoms with Crippen LogP contribution in [0, 0.1) is 5.92 Å². The fourth-order valence-corrected chi connectivity index (χ4v) is 3.47. The van der Waals surface area contributed by atoms with Crippen molar-refractivity contribution in [2.24, 2.45) is 5.92 Å². The number of piperidine rings is 1. The average Bonchev–Trinajstić information content (AvgIpc) is 2.61. The lowest BCUT2D eigenvalue weighted by Gasteiger charge is -2.31. The molecule has 1 aromatic carbocycles. The van der Waals surface area contributed by atoms with Crippen LogP contribution in [-0.4, -0.2) is 49.0 Å². The van der Waals surface area contributed by atoms with Gasteiger partial charge in [0, 0.05) is 12.6 Å². The summed E-state index contributed by atoms with van der Waals surface area (Å²) in [6.07, 6.45) is 4.00. The quantitative estimate of drug-likeness (QED) is 0.656. The van der Waals surface area contributed by atoms with Gasteiger partial charge in [-0.2, -0.15) is 11.8 Å². The third kappa shape index (κ3) is 6.71. The van der Waals surface area contributed by atoms with E-state index in [0.29, 0.717) is 18.8 Å². The zero-order valence-electron chi connectivity index (χ0n) is 15.1. The number of carbonyl (C=O) groups is 2. The molecule has 138 valence electrons. The van der Waals surface area contributed by atoms with E-state index >= 15 is 0 Å². The Morgan fingerprint density at radius 2 is 2.08 bits per heavy atom. The summed E-state index contributed by atoms with van der Waals surface area (Å²) in [6.45, 7) is 3.95. The standard InChI is InChI=1S/C19H29N3O2S/c1-14-8-10-20-13-17(14)22-19(24)16(9-11-25-2)21-18(23)12-15-6-4-3-5-7-15/h3-7,14,16-17,20H,8-13H2,1-2H3,(H,21,23)(H,22,24). The molecule has 1 heterocycles. The van der Waals surface area contributed by atoms with Crippen LogP contribution in [0.5, 0.6) is 0 Å². The summed E-state index contributed by atoms with van der Waals surface area (Å²) in [7, 11) is 0. The van der Waals surface area contributed by atoms with Gasteiger partial charge in [0.25, 0.3) is 0 Å². The monoisotopic (exact) mass is 363 g/mol. The fourth-order valence-electron chi connectivity index (χ4n) is 3.00. The SMILES string of the molecule is CSCCC(NC(=O)Cc1ccccc1)C(=O)NC1CNCCC1C. The van der Waals surface area contributed by atoms with Crippen LogP contribution in [0.2, 0.25) is 0 Å². The largest absolute Gasteiger partial charge is 0.350 e. The van der Waals surface area contributed by atoms with E-state index in [9.17, 15) is 9.59 Å². The van der Waals surface area contributed by atoms with Crippen molar-refractivity contribution >= 4 is 23.6 Å². The molecule has 0 spiro atoms. The minimum absolute atomic E-state index is 0.0731. The molecule has 1 fully saturated rings. The zero-order valence-corrected chi connectivity index (χ0v) is 15.9. The highest BCUT2D eigenvalue weighted by Gasteiger charge is 2.27. The molecule has 0 saturated carbocycles.